The molecule has 2 unspecified atom stereocenters. The zero-order valence-electron chi connectivity index (χ0n) is 10.2. The van der Waals surface area contributed by atoms with Crippen molar-refractivity contribution in [3.05, 3.63) is 16.1 Å². The Morgan fingerprint density at radius 2 is 2.38 bits per heavy atom. The van der Waals surface area contributed by atoms with Gasteiger partial charge in [0.25, 0.3) is 0 Å². The molecule has 1 fully saturated rings. The fourth-order valence-corrected chi connectivity index (χ4v) is 2.82. The Morgan fingerprint density at radius 1 is 1.62 bits per heavy atom. The predicted octanol–water partition coefficient (Wildman–Crippen LogP) is 2.91. The second-order valence-electron chi connectivity index (χ2n) is 4.33. The average Bonchev–Trinajstić information content (AvgIpc) is 3.02. The molecule has 3 nitrogen and oxygen atoms in total. The molecule has 90 valence electrons. The van der Waals surface area contributed by atoms with Gasteiger partial charge in [-0.15, -0.1) is 11.3 Å². The maximum atomic E-state index is 5.81. The van der Waals surface area contributed by atoms with Crippen molar-refractivity contribution < 1.29 is 4.74 Å². The van der Waals surface area contributed by atoms with E-state index in [-0.39, 0.29) is 6.10 Å². The summed E-state index contributed by atoms with van der Waals surface area (Å²) in [5.41, 5.74) is 1.13. The molecule has 1 aromatic rings. The Hall–Kier alpha value is -0.450. The van der Waals surface area contributed by atoms with Crippen LogP contribution in [0.3, 0.4) is 0 Å². The number of rotatable bonds is 6. The van der Waals surface area contributed by atoms with Crippen molar-refractivity contribution >= 4 is 11.3 Å². The lowest BCUT2D eigenvalue weighted by atomic mass is 10.2. The van der Waals surface area contributed by atoms with Gasteiger partial charge in [0, 0.05) is 18.0 Å². The quantitative estimate of drug-likeness (QED) is 0.830. The van der Waals surface area contributed by atoms with E-state index in [1.807, 2.05) is 7.05 Å². The lowest BCUT2D eigenvalue weighted by Gasteiger charge is -2.13. The first-order chi connectivity index (χ1) is 7.76. The average molecular weight is 240 g/mol. The molecule has 1 N–H and O–H groups in total. The van der Waals surface area contributed by atoms with E-state index in [2.05, 4.69) is 24.5 Å². The molecule has 1 aromatic heterocycles. The van der Waals surface area contributed by atoms with Crippen LogP contribution in [0, 0.1) is 5.92 Å². The lowest BCUT2D eigenvalue weighted by Crippen LogP contribution is -2.13. The maximum Gasteiger partial charge on any atom is 0.122 e. The van der Waals surface area contributed by atoms with E-state index in [1.165, 1.54) is 12.8 Å². The molecular weight excluding hydrogens is 220 g/mol. The van der Waals surface area contributed by atoms with Gasteiger partial charge in [0.15, 0.2) is 0 Å². The van der Waals surface area contributed by atoms with Crippen molar-refractivity contribution in [1.82, 2.24) is 10.3 Å². The second-order valence-corrected chi connectivity index (χ2v) is 5.22. The highest BCUT2D eigenvalue weighted by atomic mass is 32.1. The number of hydrogen-bond donors (Lipinski definition) is 1. The molecule has 0 aliphatic heterocycles. The van der Waals surface area contributed by atoms with E-state index in [1.54, 1.807) is 11.3 Å². The SMILES string of the molecule is CCOC(c1nc(C(C)NC)cs1)C1CC1. The number of nitrogens with one attached hydrogen (secondary N) is 1. The van der Waals surface area contributed by atoms with Crippen molar-refractivity contribution in [2.45, 2.75) is 38.8 Å². The largest absolute Gasteiger partial charge is 0.371 e. The normalized spacial score (nSPS) is 19.7. The molecule has 1 saturated carbocycles. The van der Waals surface area contributed by atoms with Gasteiger partial charge in [-0.1, -0.05) is 0 Å². The van der Waals surface area contributed by atoms with Crippen molar-refractivity contribution in [3.63, 3.8) is 0 Å². The maximum absolute atomic E-state index is 5.81. The van der Waals surface area contributed by atoms with Gasteiger partial charge in [0.05, 0.1) is 5.69 Å². The summed E-state index contributed by atoms with van der Waals surface area (Å²) >= 11 is 1.73. The van der Waals surface area contributed by atoms with Gasteiger partial charge in [-0.2, -0.15) is 0 Å². The van der Waals surface area contributed by atoms with Gasteiger partial charge in [-0.25, -0.2) is 4.98 Å². The monoisotopic (exact) mass is 240 g/mol. The Morgan fingerprint density at radius 3 is 2.94 bits per heavy atom. The fraction of sp³-hybridized carbons (Fsp3) is 0.750. The molecule has 16 heavy (non-hydrogen) atoms. The van der Waals surface area contributed by atoms with Crippen molar-refractivity contribution in [1.29, 1.82) is 0 Å². The minimum atomic E-state index is 0.243. The van der Waals surface area contributed by atoms with E-state index in [0.29, 0.717) is 12.0 Å². The number of hydrogen-bond acceptors (Lipinski definition) is 4. The van der Waals surface area contributed by atoms with E-state index >= 15 is 0 Å². The molecule has 1 aliphatic rings. The summed E-state index contributed by atoms with van der Waals surface area (Å²) in [4.78, 5) is 4.69. The number of thiazole rings is 1. The van der Waals surface area contributed by atoms with Gasteiger partial charge in [0.2, 0.25) is 0 Å². The van der Waals surface area contributed by atoms with Crippen molar-refractivity contribution in [3.8, 4) is 0 Å². The van der Waals surface area contributed by atoms with Gasteiger partial charge in [-0.05, 0) is 39.7 Å². The van der Waals surface area contributed by atoms with Crippen LogP contribution in [0.4, 0.5) is 0 Å². The highest BCUT2D eigenvalue weighted by Crippen LogP contribution is 2.44. The molecular formula is C12H20N2OS. The molecule has 1 heterocycles. The molecule has 0 radical (unpaired) electrons. The molecule has 0 aromatic carbocycles. The Bertz CT molecular complexity index is 336. The first-order valence-corrected chi connectivity index (χ1v) is 6.88. The second kappa shape index (κ2) is 5.25. The minimum absolute atomic E-state index is 0.243. The third-order valence-electron chi connectivity index (χ3n) is 3.06. The molecule has 2 atom stereocenters. The molecule has 0 bridgehead atoms. The molecule has 0 saturated heterocycles. The van der Waals surface area contributed by atoms with Crippen molar-refractivity contribution in [2.75, 3.05) is 13.7 Å². The highest BCUT2D eigenvalue weighted by molar-refractivity contribution is 7.09. The minimum Gasteiger partial charge on any atom is -0.371 e. The van der Waals surface area contributed by atoms with Crippen LogP contribution in [0.5, 0.6) is 0 Å². The fourth-order valence-electron chi connectivity index (χ4n) is 1.77. The van der Waals surface area contributed by atoms with E-state index in [9.17, 15) is 0 Å². The van der Waals surface area contributed by atoms with Crippen molar-refractivity contribution in [2.24, 2.45) is 5.92 Å². The number of nitrogens with zero attached hydrogens (tertiary/aromatic N) is 1. The van der Waals surface area contributed by atoms with Crippen LogP contribution >= 0.6 is 11.3 Å². The van der Waals surface area contributed by atoms with Crippen LogP contribution in [0.15, 0.2) is 5.38 Å². The van der Waals surface area contributed by atoms with Crippen LogP contribution < -0.4 is 5.32 Å². The molecule has 0 spiro atoms. The summed E-state index contributed by atoms with van der Waals surface area (Å²) in [5.74, 6) is 0.712. The predicted molar refractivity (Wildman–Crippen MR) is 66.7 cm³/mol. The number of aromatic nitrogens is 1. The van der Waals surface area contributed by atoms with E-state index in [4.69, 9.17) is 9.72 Å². The van der Waals surface area contributed by atoms with E-state index in [0.717, 1.165) is 17.3 Å². The van der Waals surface area contributed by atoms with Crippen LogP contribution in [-0.4, -0.2) is 18.6 Å². The third-order valence-corrected chi connectivity index (χ3v) is 3.98. The van der Waals surface area contributed by atoms with E-state index < -0.39 is 0 Å². The summed E-state index contributed by atoms with van der Waals surface area (Å²) in [6, 6.07) is 0.325. The number of ether oxygens (including phenoxy) is 1. The highest BCUT2D eigenvalue weighted by Gasteiger charge is 2.34. The Labute approximate surface area is 101 Å². The standard InChI is InChI=1S/C12H20N2OS/c1-4-15-11(9-5-6-9)12-14-10(7-16-12)8(2)13-3/h7-9,11,13H,4-6H2,1-3H3. The first kappa shape index (κ1) is 12.0. The summed E-state index contributed by atoms with van der Waals surface area (Å²) in [5, 5.41) is 6.51. The zero-order chi connectivity index (χ0) is 11.5. The van der Waals surface area contributed by atoms with Gasteiger partial charge in [-0.3, -0.25) is 0 Å². The summed E-state index contributed by atoms with van der Waals surface area (Å²) in [6.07, 6.45) is 2.83. The third kappa shape index (κ3) is 2.62. The Kier molecular flexibility index (Phi) is 3.95. The zero-order valence-corrected chi connectivity index (χ0v) is 11.0. The van der Waals surface area contributed by atoms with Gasteiger partial charge in [0.1, 0.15) is 11.1 Å². The van der Waals surface area contributed by atoms with Crippen LogP contribution in [-0.2, 0) is 4.74 Å². The molecule has 4 heteroatoms. The van der Waals surface area contributed by atoms with Gasteiger partial charge >= 0.3 is 0 Å². The molecule has 2 rings (SSSR count). The molecule has 0 amide bonds. The first-order valence-electron chi connectivity index (χ1n) is 6.00. The smallest absolute Gasteiger partial charge is 0.122 e. The Balaban J connectivity index is 2.09. The summed E-state index contributed by atoms with van der Waals surface area (Å²) < 4.78 is 5.81. The van der Waals surface area contributed by atoms with Gasteiger partial charge < -0.3 is 10.1 Å². The summed E-state index contributed by atoms with van der Waals surface area (Å²) in [6.45, 7) is 4.96. The molecule has 1 aliphatic carbocycles. The van der Waals surface area contributed by atoms with Crippen LogP contribution in [0.2, 0.25) is 0 Å². The lowest BCUT2D eigenvalue weighted by molar-refractivity contribution is 0.0461. The van der Waals surface area contributed by atoms with Crippen LogP contribution in [0.1, 0.15) is 49.5 Å². The summed E-state index contributed by atoms with van der Waals surface area (Å²) in [7, 11) is 1.96. The topological polar surface area (TPSA) is 34.1 Å². The van der Waals surface area contributed by atoms with Crippen LogP contribution in [0.25, 0.3) is 0 Å².